The topological polar surface area (TPSA) is 52.7 Å². The van der Waals surface area contributed by atoms with E-state index >= 15 is 0 Å². The highest BCUT2D eigenvalue weighted by Gasteiger charge is 2.36. The van der Waals surface area contributed by atoms with Crippen molar-refractivity contribution in [2.45, 2.75) is 50.6 Å². The Morgan fingerprint density at radius 3 is 2.80 bits per heavy atom. The summed E-state index contributed by atoms with van der Waals surface area (Å²) in [6.07, 6.45) is 6.66. The summed E-state index contributed by atoms with van der Waals surface area (Å²) in [6, 6.07) is 4.26. The molecule has 3 fully saturated rings. The first kappa shape index (κ1) is 17.0. The van der Waals surface area contributed by atoms with Gasteiger partial charge < -0.3 is 15.1 Å². The van der Waals surface area contributed by atoms with Crippen LogP contribution in [0.2, 0.25) is 0 Å². The molecule has 2 unspecified atom stereocenters. The molecule has 3 aliphatic rings. The maximum absolute atomic E-state index is 12.8. The normalized spacial score (nSPS) is 27.4. The first-order valence-corrected chi connectivity index (χ1v) is 10.5. The van der Waals surface area contributed by atoms with Crippen LogP contribution in [0.1, 0.15) is 48.2 Å². The smallest absolute Gasteiger partial charge is 0.264 e. The number of likely N-dealkylation sites (tertiary alicyclic amines) is 2. The maximum Gasteiger partial charge on any atom is 0.264 e. The van der Waals surface area contributed by atoms with Crippen LogP contribution in [0.5, 0.6) is 0 Å². The molecule has 3 heterocycles. The van der Waals surface area contributed by atoms with Gasteiger partial charge in [-0.25, -0.2) is 0 Å². The minimum Gasteiger partial charge on any atom is -0.354 e. The van der Waals surface area contributed by atoms with E-state index in [1.807, 2.05) is 17.5 Å². The van der Waals surface area contributed by atoms with E-state index in [0.29, 0.717) is 12.5 Å². The van der Waals surface area contributed by atoms with Gasteiger partial charge in [0.2, 0.25) is 5.91 Å². The summed E-state index contributed by atoms with van der Waals surface area (Å²) in [7, 11) is 0. The highest BCUT2D eigenvalue weighted by molar-refractivity contribution is 7.12. The lowest BCUT2D eigenvalue weighted by Gasteiger charge is -2.34. The number of hydrogen-bond donors (Lipinski definition) is 1. The molecule has 0 aromatic carbocycles. The van der Waals surface area contributed by atoms with Gasteiger partial charge in [0.1, 0.15) is 6.04 Å². The van der Waals surface area contributed by atoms with Crippen LogP contribution in [-0.4, -0.2) is 59.9 Å². The van der Waals surface area contributed by atoms with Crippen LogP contribution in [0.25, 0.3) is 0 Å². The van der Waals surface area contributed by atoms with Crippen LogP contribution < -0.4 is 5.32 Å². The Labute approximate surface area is 153 Å². The number of carbonyl (C=O) groups is 2. The highest BCUT2D eigenvalue weighted by Crippen LogP contribution is 2.31. The standard InChI is InChI=1S/C19H27N3O2S/c23-18(20-12-14-8-10-21(13-14)15-6-7-15)16-4-1-2-9-22(16)19(24)17-5-3-11-25-17/h3,5,11,14-16H,1-2,4,6-10,12-13H2,(H,20,23). The quantitative estimate of drug-likeness (QED) is 0.876. The number of nitrogens with zero attached hydrogens (tertiary/aromatic N) is 2. The van der Waals surface area contributed by atoms with E-state index in [2.05, 4.69) is 10.2 Å². The third-order valence-corrected chi connectivity index (χ3v) is 6.60. The molecule has 1 saturated carbocycles. The average Bonchev–Trinajstić information content (AvgIpc) is 3.15. The molecule has 4 rings (SSSR count). The molecule has 2 saturated heterocycles. The van der Waals surface area contributed by atoms with Crippen LogP contribution >= 0.6 is 11.3 Å². The SMILES string of the molecule is O=C(NCC1CCN(C2CC2)C1)C1CCCCN1C(=O)c1cccs1. The fraction of sp³-hybridized carbons (Fsp3) is 0.684. The molecule has 0 bridgehead atoms. The summed E-state index contributed by atoms with van der Waals surface area (Å²) >= 11 is 1.45. The first-order chi connectivity index (χ1) is 12.2. The molecule has 2 atom stereocenters. The molecule has 1 N–H and O–H groups in total. The predicted octanol–water partition coefficient (Wildman–Crippen LogP) is 2.34. The molecule has 1 aliphatic carbocycles. The zero-order valence-electron chi connectivity index (χ0n) is 14.7. The van der Waals surface area contributed by atoms with Crippen LogP contribution in [0.4, 0.5) is 0 Å². The van der Waals surface area contributed by atoms with E-state index in [1.54, 1.807) is 4.90 Å². The average molecular weight is 362 g/mol. The first-order valence-electron chi connectivity index (χ1n) is 9.58. The van der Waals surface area contributed by atoms with Gasteiger partial charge in [0, 0.05) is 25.7 Å². The summed E-state index contributed by atoms with van der Waals surface area (Å²) in [4.78, 5) is 30.6. The molecule has 6 heteroatoms. The van der Waals surface area contributed by atoms with Gasteiger partial charge in [-0.1, -0.05) is 6.07 Å². The number of nitrogens with one attached hydrogen (secondary N) is 1. The second-order valence-electron chi connectivity index (χ2n) is 7.61. The number of piperidine rings is 1. The predicted molar refractivity (Wildman–Crippen MR) is 98.7 cm³/mol. The van der Waals surface area contributed by atoms with Gasteiger partial charge in [-0.05, 0) is 62.4 Å². The number of rotatable bonds is 5. The Bertz CT molecular complexity index is 614. The Morgan fingerprint density at radius 2 is 2.04 bits per heavy atom. The molecule has 5 nitrogen and oxygen atoms in total. The van der Waals surface area contributed by atoms with Crippen molar-refractivity contribution in [3.05, 3.63) is 22.4 Å². The number of hydrogen-bond acceptors (Lipinski definition) is 4. The molecular formula is C19H27N3O2S. The van der Waals surface area contributed by atoms with Gasteiger partial charge in [0.15, 0.2) is 0 Å². The Morgan fingerprint density at radius 1 is 1.16 bits per heavy atom. The van der Waals surface area contributed by atoms with Gasteiger partial charge in [-0.15, -0.1) is 11.3 Å². The second kappa shape index (κ2) is 7.46. The molecular weight excluding hydrogens is 334 g/mol. The molecule has 2 amide bonds. The summed E-state index contributed by atoms with van der Waals surface area (Å²) < 4.78 is 0. The van der Waals surface area contributed by atoms with E-state index in [9.17, 15) is 9.59 Å². The fourth-order valence-electron chi connectivity index (χ4n) is 4.15. The molecule has 1 aromatic rings. The Kier molecular flexibility index (Phi) is 5.08. The van der Waals surface area contributed by atoms with Crippen molar-refractivity contribution in [2.75, 3.05) is 26.2 Å². The van der Waals surface area contributed by atoms with Crippen molar-refractivity contribution in [3.8, 4) is 0 Å². The number of carbonyl (C=O) groups excluding carboxylic acids is 2. The Hall–Kier alpha value is -1.40. The van der Waals surface area contributed by atoms with Gasteiger partial charge in [-0.3, -0.25) is 9.59 Å². The molecule has 25 heavy (non-hydrogen) atoms. The van der Waals surface area contributed by atoms with Crippen molar-refractivity contribution in [3.63, 3.8) is 0 Å². The van der Waals surface area contributed by atoms with E-state index in [-0.39, 0.29) is 17.9 Å². The fourth-order valence-corrected chi connectivity index (χ4v) is 4.83. The van der Waals surface area contributed by atoms with Crippen molar-refractivity contribution < 1.29 is 9.59 Å². The highest BCUT2D eigenvalue weighted by atomic mass is 32.1. The lowest BCUT2D eigenvalue weighted by molar-refractivity contribution is -0.126. The number of thiophene rings is 1. The Balaban J connectivity index is 1.32. The van der Waals surface area contributed by atoms with Gasteiger partial charge in [-0.2, -0.15) is 0 Å². The molecule has 0 radical (unpaired) electrons. The van der Waals surface area contributed by atoms with E-state index in [4.69, 9.17) is 0 Å². The zero-order chi connectivity index (χ0) is 17.2. The van der Waals surface area contributed by atoms with Gasteiger partial charge >= 0.3 is 0 Å². The van der Waals surface area contributed by atoms with Crippen molar-refractivity contribution in [1.29, 1.82) is 0 Å². The largest absolute Gasteiger partial charge is 0.354 e. The maximum atomic E-state index is 12.8. The van der Waals surface area contributed by atoms with Gasteiger partial charge in [0.05, 0.1) is 4.88 Å². The molecule has 2 aliphatic heterocycles. The monoisotopic (exact) mass is 361 g/mol. The molecule has 0 spiro atoms. The minimum atomic E-state index is -0.302. The zero-order valence-corrected chi connectivity index (χ0v) is 15.5. The minimum absolute atomic E-state index is 0.00984. The van der Waals surface area contributed by atoms with E-state index in [0.717, 1.165) is 43.3 Å². The summed E-state index contributed by atoms with van der Waals surface area (Å²) in [5, 5.41) is 5.06. The van der Waals surface area contributed by atoms with Gasteiger partial charge in [0.25, 0.3) is 5.91 Å². The van der Waals surface area contributed by atoms with Crippen molar-refractivity contribution >= 4 is 23.2 Å². The van der Waals surface area contributed by atoms with Crippen LogP contribution in [0.15, 0.2) is 17.5 Å². The van der Waals surface area contributed by atoms with Crippen LogP contribution in [-0.2, 0) is 4.79 Å². The van der Waals surface area contributed by atoms with Crippen LogP contribution in [0, 0.1) is 5.92 Å². The number of amides is 2. The summed E-state index contributed by atoms with van der Waals surface area (Å²) in [5.74, 6) is 0.611. The lowest BCUT2D eigenvalue weighted by atomic mass is 10.0. The third kappa shape index (κ3) is 3.90. The van der Waals surface area contributed by atoms with Crippen molar-refractivity contribution in [2.24, 2.45) is 5.92 Å². The van der Waals surface area contributed by atoms with Crippen molar-refractivity contribution in [1.82, 2.24) is 15.1 Å². The third-order valence-electron chi connectivity index (χ3n) is 5.74. The molecule has 1 aromatic heterocycles. The van der Waals surface area contributed by atoms with E-state index in [1.165, 1.54) is 37.1 Å². The lowest BCUT2D eigenvalue weighted by Crippen LogP contribution is -2.52. The van der Waals surface area contributed by atoms with E-state index < -0.39 is 0 Å². The molecule has 136 valence electrons. The summed E-state index contributed by atoms with van der Waals surface area (Å²) in [6.45, 7) is 3.73. The summed E-state index contributed by atoms with van der Waals surface area (Å²) in [5.41, 5.74) is 0. The van der Waals surface area contributed by atoms with Crippen LogP contribution in [0.3, 0.4) is 0 Å². The second-order valence-corrected chi connectivity index (χ2v) is 8.56.